The van der Waals surface area contributed by atoms with Gasteiger partial charge >= 0.3 is 0 Å². The van der Waals surface area contributed by atoms with Crippen LogP contribution < -0.4 is 0 Å². The van der Waals surface area contributed by atoms with Crippen molar-refractivity contribution < 1.29 is 4.79 Å². The van der Waals surface area contributed by atoms with Crippen molar-refractivity contribution in [1.82, 2.24) is 9.88 Å². The first kappa shape index (κ1) is 15.3. The van der Waals surface area contributed by atoms with E-state index in [-0.39, 0.29) is 5.91 Å². The van der Waals surface area contributed by atoms with Crippen LogP contribution >= 0.6 is 11.6 Å². The van der Waals surface area contributed by atoms with Gasteiger partial charge in [-0.25, -0.2) is 0 Å². The van der Waals surface area contributed by atoms with Gasteiger partial charge in [0, 0.05) is 25.0 Å². The van der Waals surface area contributed by atoms with Crippen LogP contribution in [0, 0.1) is 12.3 Å². The van der Waals surface area contributed by atoms with E-state index >= 15 is 0 Å². The van der Waals surface area contributed by atoms with Crippen molar-refractivity contribution in [3.8, 4) is 0 Å². The van der Waals surface area contributed by atoms with Gasteiger partial charge in [0.25, 0.3) is 5.91 Å². The molecule has 0 radical (unpaired) electrons. The summed E-state index contributed by atoms with van der Waals surface area (Å²) in [6.45, 7) is 8.02. The molecule has 110 valence electrons. The Morgan fingerprint density at radius 1 is 1.35 bits per heavy atom. The van der Waals surface area contributed by atoms with Crippen LogP contribution in [0.25, 0.3) is 0 Å². The maximum Gasteiger partial charge on any atom is 0.256 e. The smallest absolute Gasteiger partial charge is 0.256 e. The lowest BCUT2D eigenvalue weighted by molar-refractivity contribution is 0.0557. The lowest BCUT2D eigenvalue weighted by Gasteiger charge is -2.41. The molecule has 3 nitrogen and oxygen atoms in total. The van der Waals surface area contributed by atoms with Crippen molar-refractivity contribution >= 4 is 17.5 Å². The third-order valence-electron chi connectivity index (χ3n) is 4.83. The number of hydrogen-bond acceptors (Lipinski definition) is 2. The highest BCUT2D eigenvalue weighted by molar-refractivity contribution is 6.33. The van der Waals surface area contributed by atoms with Crippen LogP contribution in [-0.4, -0.2) is 28.9 Å². The van der Waals surface area contributed by atoms with Crippen LogP contribution in [0.3, 0.4) is 0 Å². The molecule has 1 aliphatic rings. The highest BCUT2D eigenvalue weighted by Gasteiger charge is 2.33. The number of aromatic nitrogens is 1. The zero-order valence-electron chi connectivity index (χ0n) is 12.6. The molecular formula is C16H23ClN2O. The number of pyridine rings is 1. The Bertz CT molecular complexity index is 487. The summed E-state index contributed by atoms with van der Waals surface area (Å²) in [7, 11) is 0. The van der Waals surface area contributed by atoms with E-state index < -0.39 is 0 Å². The molecule has 1 saturated heterocycles. The molecule has 2 heterocycles. The van der Waals surface area contributed by atoms with Gasteiger partial charge in [-0.15, -0.1) is 0 Å². The first-order chi connectivity index (χ1) is 9.51. The Kier molecular flexibility index (Phi) is 4.69. The maximum absolute atomic E-state index is 12.5. The quantitative estimate of drug-likeness (QED) is 0.841. The van der Waals surface area contributed by atoms with Crippen molar-refractivity contribution in [3.05, 3.63) is 28.5 Å². The summed E-state index contributed by atoms with van der Waals surface area (Å²) >= 11 is 6.17. The van der Waals surface area contributed by atoms with Gasteiger partial charge < -0.3 is 4.90 Å². The molecule has 1 aromatic rings. The standard InChI is InChI=1S/C16H23ClN2O/c1-4-16(5-2)6-8-19(9-7-16)15(20)13-11-18-12(3)10-14(13)17/h10-11H,4-9H2,1-3H3. The lowest BCUT2D eigenvalue weighted by atomic mass is 9.74. The molecule has 0 N–H and O–H groups in total. The monoisotopic (exact) mass is 294 g/mol. The van der Waals surface area contributed by atoms with Crippen molar-refractivity contribution in [1.29, 1.82) is 0 Å². The Balaban J connectivity index is 2.09. The highest BCUT2D eigenvalue weighted by atomic mass is 35.5. The molecule has 0 saturated carbocycles. The Morgan fingerprint density at radius 2 is 1.95 bits per heavy atom. The Labute approximate surface area is 126 Å². The normalized spacial score (nSPS) is 18.1. The van der Waals surface area contributed by atoms with Gasteiger partial charge in [-0.2, -0.15) is 0 Å². The van der Waals surface area contributed by atoms with Crippen LogP contribution in [0.1, 0.15) is 55.6 Å². The molecular weight excluding hydrogens is 272 g/mol. The fourth-order valence-corrected chi connectivity index (χ4v) is 3.28. The van der Waals surface area contributed by atoms with Crippen LogP contribution in [0.2, 0.25) is 5.02 Å². The van der Waals surface area contributed by atoms with Gasteiger partial charge in [-0.3, -0.25) is 9.78 Å². The number of piperidine rings is 1. The topological polar surface area (TPSA) is 33.2 Å². The van der Waals surface area contributed by atoms with Gasteiger partial charge in [0.05, 0.1) is 10.6 Å². The van der Waals surface area contributed by atoms with E-state index in [0.29, 0.717) is 16.0 Å². The second-order valence-corrected chi connectivity index (χ2v) is 6.21. The maximum atomic E-state index is 12.5. The van der Waals surface area contributed by atoms with Gasteiger partial charge in [-0.1, -0.05) is 38.3 Å². The predicted octanol–water partition coefficient (Wildman–Crippen LogP) is 4.09. The summed E-state index contributed by atoms with van der Waals surface area (Å²) in [5, 5.41) is 0.505. The number of carbonyl (C=O) groups excluding carboxylic acids is 1. The first-order valence-corrected chi connectivity index (χ1v) is 7.80. The molecule has 1 aliphatic heterocycles. The van der Waals surface area contributed by atoms with E-state index in [1.807, 2.05) is 11.8 Å². The minimum atomic E-state index is 0.0170. The zero-order chi connectivity index (χ0) is 14.8. The summed E-state index contributed by atoms with van der Waals surface area (Å²) in [6, 6.07) is 1.75. The van der Waals surface area contributed by atoms with Crippen molar-refractivity contribution in [2.45, 2.75) is 46.5 Å². The molecule has 0 atom stereocenters. The van der Waals surface area contributed by atoms with Crippen molar-refractivity contribution in [2.24, 2.45) is 5.41 Å². The average molecular weight is 295 g/mol. The number of likely N-dealkylation sites (tertiary alicyclic amines) is 1. The molecule has 0 aromatic carbocycles. The summed E-state index contributed by atoms with van der Waals surface area (Å²) in [6.07, 6.45) is 6.16. The lowest BCUT2D eigenvalue weighted by Crippen LogP contribution is -2.43. The second-order valence-electron chi connectivity index (χ2n) is 5.80. The van der Waals surface area contributed by atoms with E-state index in [4.69, 9.17) is 11.6 Å². The van der Waals surface area contributed by atoms with Crippen molar-refractivity contribution in [3.63, 3.8) is 0 Å². The minimum Gasteiger partial charge on any atom is -0.339 e. The van der Waals surface area contributed by atoms with Gasteiger partial charge in [0.15, 0.2) is 0 Å². The Morgan fingerprint density at radius 3 is 2.45 bits per heavy atom. The fourth-order valence-electron chi connectivity index (χ4n) is 3.00. The number of rotatable bonds is 3. The number of amides is 1. The summed E-state index contributed by atoms with van der Waals surface area (Å²) in [4.78, 5) is 18.6. The molecule has 1 aromatic heterocycles. The third-order valence-corrected chi connectivity index (χ3v) is 5.14. The minimum absolute atomic E-state index is 0.0170. The van der Waals surface area contributed by atoms with Gasteiger partial charge in [0.2, 0.25) is 0 Å². The van der Waals surface area contributed by atoms with E-state index in [2.05, 4.69) is 18.8 Å². The zero-order valence-corrected chi connectivity index (χ0v) is 13.3. The molecule has 0 unspecified atom stereocenters. The molecule has 0 aliphatic carbocycles. The number of carbonyl (C=O) groups is 1. The van der Waals surface area contributed by atoms with Crippen LogP contribution in [0.4, 0.5) is 0 Å². The predicted molar refractivity (Wildman–Crippen MR) is 82.1 cm³/mol. The molecule has 4 heteroatoms. The van der Waals surface area contributed by atoms with Crippen LogP contribution in [-0.2, 0) is 0 Å². The largest absolute Gasteiger partial charge is 0.339 e. The van der Waals surface area contributed by atoms with Crippen LogP contribution in [0.15, 0.2) is 12.3 Å². The molecule has 20 heavy (non-hydrogen) atoms. The van der Waals surface area contributed by atoms with E-state index in [1.165, 1.54) is 12.8 Å². The summed E-state index contributed by atoms with van der Waals surface area (Å²) in [5.74, 6) is 0.0170. The Hall–Kier alpha value is -1.09. The number of halogens is 1. The first-order valence-electron chi connectivity index (χ1n) is 7.43. The van der Waals surface area contributed by atoms with E-state index in [0.717, 1.165) is 31.6 Å². The third kappa shape index (κ3) is 2.98. The van der Waals surface area contributed by atoms with Crippen molar-refractivity contribution in [2.75, 3.05) is 13.1 Å². The van der Waals surface area contributed by atoms with E-state index in [1.54, 1.807) is 12.3 Å². The molecule has 0 bridgehead atoms. The number of nitrogens with zero attached hydrogens (tertiary/aromatic N) is 2. The summed E-state index contributed by atoms with van der Waals surface area (Å²) in [5.41, 5.74) is 1.78. The molecule has 0 spiro atoms. The summed E-state index contributed by atoms with van der Waals surface area (Å²) < 4.78 is 0. The average Bonchev–Trinajstić information content (AvgIpc) is 2.47. The SMILES string of the molecule is CCC1(CC)CCN(C(=O)c2cnc(C)cc2Cl)CC1. The number of aryl methyl sites for hydroxylation is 1. The fraction of sp³-hybridized carbons (Fsp3) is 0.625. The molecule has 1 amide bonds. The molecule has 1 fully saturated rings. The number of hydrogen-bond donors (Lipinski definition) is 0. The van der Waals surface area contributed by atoms with E-state index in [9.17, 15) is 4.79 Å². The van der Waals surface area contributed by atoms with Crippen LogP contribution in [0.5, 0.6) is 0 Å². The highest BCUT2D eigenvalue weighted by Crippen LogP contribution is 2.38. The van der Waals surface area contributed by atoms with Gasteiger partial charge in [0.1, 0.15) is 0 Å². The molecule has 2 rings (SSSR count). The van der Waals surface area contributed by atoms with Gasteiger partial charge in [-0.05, 0) is 31.2 Å². The second kappa shape index (κ2) is 6.13.